The quantitative estimate of drug-likeness (QED) is 0.522. The SMILES string of the molecule is FC1(F)CCN(Cc2nccs2)CC12CCN(c1ncccn1)C2.O=C(O)C(F)(F)F.O=C(O)C(F)(F)F. The molecule has 2 N–H and O–H groups in total. The van der Waals surface area contributed by atoms with Gasteiger partial charge in [-0.2, -0.15) is 26.3 Å². The fourth-order valence-electron chi connectivity index (χ4n) is 3.77. The van der Waals surface area contributed by atoms with Crippen molar-refractivity contribution < 1.29 is 54.9 Å². The van der Waals surface area contributed by atoms with Crippen LogP contribution in [0.4, 0.5) is 41.1 Å². The summed E-state index contributed by atoms with van der Waals surface area (Å²) in [7, 11) is 0. The molecule has 2 fully saturated rings. The van der Waals surface area contributed by atoms with Crippen molar-refractivity contribution >= 4 is 29.2 Å². The van der Waals surface area contributed by atoms with Crippen molar-refractivity contribution in [2.24, 2.45) is 5.41 Å². The maximum Gasteiger partial charge on any atom is 0.490 e. The van der Waals surface area contributed by atoms with Crippen LogP contribution in [-0.4, -0.2) is 86.5 Å². The van der Waals surface area contributed by atoms with Crippen molar-refractivity contribution in [1.29, 1.82) is 0 Å². The van der Waals surface area contributed by atoms with Crippen LogP contribution in [0.5, 0.6) is 0 Å². The highest BCUT2D eigenvalue weighted by atomic mass is 32.1. The van der Waals surface area contributed by atoms with Gasteiger partial charge in [0.15, 0.2) is 0 Å². The Morgan fingerprint density at radius 3 is 1.92 bits per heavy atom. The van der Waals surface area contributed by atoms with E-state index in [1.807, 2.05) is 10.3 Å². The molecule has 0 radical (unpaired) electrons. The van der Waals surface area contributed by atoms with Gasteiger partial charge < -0.3 is 15.1 Å². The number of likely N-dealkylation sites (tertiary alicyclic amines) is 1. The Morgan fingerprint density at radius 2 is 1.45 bits per heavy atom. The highest BCUT2D eigenvalue weighted by Crippen LogP contribution is 2.50. The molecule has 2 aliphatic heterocycles. The molecule has 4 heterocycles. The van der Waals surface area contributed by atoms with E-state index in [-0.39, 0.29) is 6.42 Å². The molecule has 0 saturated carbocycles. The first-order valence-electron chi connectivity index (χ1n) is 10.6. The zero-order chi connectivity index (χ0) is 28.8. The molecule has 2 aromatic rings. The fourth-order valence-corrected chi connectivity index (χ4v) is 4.43. The molecule has 1 atom stereocenters. The third-order valence-corrected chi connectivity index (χ3v) is 6.32. The van der Waals surface area contributed by atoms with Crippen molar-refractivity contribution in [1.82, 2.24) is 19.9 Å². The van der Waals surface area contributed by atoms with Crippen LogP contribution < -0.4 is 4.90 Å². The van der Waals surface area contributed by atoms with Crippen molar-refractivity contribution in [3.63, 3.8) is 0 Å². The Kier molecular flexibility index (Phi) is 9.93. The number of carboxylic acids is 2. The number of anilines is 1. The standard InChI is InChI=1S/C16H19F2N5S.2C2HF3O2/c17-16(18)3-7-22(10-13-19-6-9-24-13)11-15(16)2-8-23(12-15)14-20-4-1-5-21-14;2*3-2(4,5)1(6)7/h1,4-6,9H,2-3,7-8,10-12H2;2*(H,6,7). The van der Waals surface area contributed by atoms with Gasteiger partial charge in [0.2, 0.25) is 5.95 Å². The zero-order valence-electron chi connectivity index (χ0n) is 19.2. The molecule has 2 saturated heterocycles. The molecule has 1 unspecified atom stereocenters. The molecule has 0 amide bonds. The number of hydrogen-bond donors (Lipinski definition) is 2. The van der Waals surface area contributed by atoms with Gasteiger partial charge in [-0.3, -0.25) is 4.90 Å². The molecule has 0 bridgehead atoms. The number of aromatic nitrogens is 3. The van der Waals surface area contributed by atoms with Gasteiger partial charge in [-0.05, 0) is 12.5 Å². The number of halogens is 8. The smallest absolute Gasteiger partial charge is 0.475 e. The van der Waals surface area contributed by atoms with E-state index in [4.69, 9.17) is 19.8 Å². The van der Waals surface area contributed by atoms with Gasteiger partial charge >= 0.3 is 24.3 Å². The molecule has 0 aliphatic carbocycles. The normalized spacial score (nSPS) is 21.2. The number of carbonyl (C=O) groups is 2. The minimum Gasteiger partial charge on any atom is -0.475 e. The van der Waals surface area contributed by atoms with E-state index in [1.54, 1.807) is 36.0 Å². The molecule has 212 valence electrons. The van der Waals surface area contributed by atoms with Crippen molar-refractivity contribution in [3.8, 4) is 0 Å². The second kappa shape index (κ2) is 12.1. The number of rotatable bonds is 3. The lowest BCUT2D eigenvalue weighted by atomic mass is 9.75. The lowest BCUT2D eigenvalue weighted by Crippen LogP contribution is -2.56. The maximum atomic E-state index is 14.8. The molecule has 0 aromatic carbocycles. The molecule has 38 heavy (non-hydrogen) atoms. The van der Waals surface area contributed by atoms with Crippen molar-refractivity contribution in [2.75, 3.05) is 31.1 Å². The van der Waals surface area contributed by atoms with Gasteiger partial charge in [-0.15, -0.1) is 11.3 Å². The molecular weight excluding hydrogens is 558 g/mol. The molecule has 2 aliphatic rings. The third-order valence-electron chi connectivity index (χ3n) is 5.56. The van der Waals surface area contributed by atoms with Crippen LogP contribution in [0.3, 0.4) is 0 Å². The van der Waals surface area contributed by atoms with E-state index in [0.717, 1.165) is 5.01 Å². The predicted molar refractivity (Wildman–Crippen MR) is 116 cm³/mol. The summed E-state index contributed by atoms with van der Waals surface area (Å²) in [5.74, 6) is -7.63. The first kappa shape index (κ1) is 31.1. The van der Waals surface area contributed by atoms with Crippen LogP contribution >= 0.6 is 11.3 Å². The highest BCUT2D eigenvalue weighted by Gasteiger charge is 2.59. The Morgan fingerprint density at radius 1 is 0.895 bits per heavy atom. The summed E-state index contributed by atoms with van der Waals surface area (Å²) < 4.78 is 93.1. The molecule has 1 spiro atoms. The first-order valence-corrected chi connectivity index (χ1v) is 11.5. The van der Waals surface area contributed by atoms with E-state index in [0.29, 0.717) is 45.1 Å². The van der Waals surface area contributed by atoms with Crippen LogP contribution in [0.25, 0.3) is 0 Å². The number of piperidine rings is 1. The number of alkyl halides is 8. The van der Waals surface area contributed by atoms with Crippen molar-refractivity contribution in [3.05, 3.63) is 35.0 Å². The summed E-state index contributed by atoms with van der Waals surface area (Å²) >= 11 is 1.57. The van der Waals surface area contributed by atoms with Crippen LogP contribution in [0.15, 0.2) is 30.0 Å². The predicted octanol–water partition coefficient (Wildman–Crippen LogP) is 3.94. The second-order valence-corrected chi connectivity index (χ2v) is 9.18. The molecular formula is C20H21F8N5O4S. The van der Waals surface area contributed by atoms with Crippen LogP contribution in [-0.2, 0) is 16.1 Å². The van der Waals surface area contributed by atoms with Crippen LogP contribution in [0.2, 0.25) is 0 Å². The number of aliphatic carboxylic acids is 2. The van der Waals surface area contributed by atoms with Gasteiger partial charge in [-0.1, -0.05) is 0 Å². The number of thiazole rings is 1. The van der Waals surface area contributed by atoms with Gasteiger partial charge in [0.1, 0.15) is 5.01 Å². The molecule has 2 aromatic heterocycles. The lowest BCUT2D eigenvalue weighted by molar-refractivity contribution is -0.193. The van der Waals surface area contributed by atoms with Crippen LogP contribution in [0.1, 0.15) is 17.8 Å². The monoisotopic (exact) mass is 579 g/mol. The summed E-state index contributed by atoms with van der Waals surface area (Å²) in [6.45, 7) is 2.33. The zero-order valence-corrected chi connectivity index (χ0v) is 20.0. The number of carboxylic acid groups (broad SMARTS) is 2. The fraction of sp³-hybridized carbons (Fsp3) is 0.550. The van der Waals surface area contributed by atoms with Crippen molar-refractivity contribution in [2.45, 2.75) is 37.7 Å². The van der Waals surface area contributed by atoms with E-state index >= 15 is 0 Å². The lowest BCUT2D eigenvalue weighted by Gasteiger charge is -2.45. The van der Waals surface area contributed by atoms with E-state index < -0.39 is 35.6 Å². The Balaban J connectivity index is 0.000000301. The van der Waals surface area contributed by atoms with Gasteiger partial charge in [0, 0.05) is 56.6 Å². The molecule has 18 heteroatoms. The topological polar surface area (TPSA) is 120 Å². The maximum absolute atomic E-state index is 14.8. The Hall–Kier alpha value is -3.15. The summed E-state index contributed by atoms with van der Waals surface area (Å²) in [6, 6.07) is 1.74. The van der Waals surface area contributed by atoms with Gasteiger partial charge in [-0.25, -0.2) is 33.3 Å². The Bertz CT molecular complexity index is 1030. The summed E-state index contributed by atoms with van der Waals surface area (Å²) in [6.07, 6.45) is -4.73. The first-order chi connectivity index (χ1) is 17.5. The van der Waals surface area contributed by atoms with Gasteiger partial charge in [0.05, 0.1) is 12.0 Å². The highest BCUT2D eigenvalue weighted by molar-refractivity contribution is 7.09. The minimum absolute atomic E-state index is 0.0954. The average molecular weight is 579 g/mol. The van der Waals surface area contributed by atoms with Gasteiger partial charge in [0.25, 0.3) is 5.92 Å². The largest absolute Gasteiger partial charge is 0.490 e. The molecule has 9 nitrogen and oxygen atoms in total. The van der Waals surface area contributed by atoms with E-state index in [2.05, 4.69) is 19.9 Å². The number of hydrogen-bond acceptors (Lipinski definition) is 8. The summed E-state index contributed by atoms with van der Waals surface area (Å²) in [4.78, 5) is 34.5. The van der Waals surface area contributed by atoms with Crippen LogP contribution in [0, 0.1) is 5.41 Å². The van der Waals surface area contributed by atoms with E-state index in [9.17, 15) is 35.1 Å². The minimum atomic E-state index is -5.08. The summed E-state index contributed by atoms with van der Waals surface area (Å²) in [5.41, 5.74) is -1.03. The number of nitrogens with zero attached hydrogens (tertiary/aromatic N) is 5. The van der Waals surface area contributed by atoms with E-state index in [1.165, 1.54) is 0 Å². The second-order valence-electron chi connectivity index (χ2n) is 8.20. The third kappa shape index (κ3) is 8.44. The summed E-state index contributed by atoms with van der Waals surface area (Å²) in [5, 5.41) is 17.2. The Labute approximate surface area is 213 Å². The molecule has 4 rings (SSSR count). The average Bonchev–Trinajstić information content (AvgIpc) is 3.48.